The normalized spacial score (nSPS) is 13.8. The van der Waals surface area contributed by atoms with Crippen LogP contribution in [-0.4, -0.2) is 51.7 Å². The second-order valence-electron chi connectivity index (χ2n) is 3.70. The van der Waals surface area contributed by atoms with Gasteiger partial charge in [-0.25, -0.2) is 4.79 Å². The molecule has 104 valence electrons. The van der Waals surface area contributed by atoms with Crippen molar-refractivity contribution in [2.75, 3.05) is 12.9 Å². The molecular weight excluding hydrogens is 288 g/mol. The quantitative estimate of drug-likeness (QED) is 0.758. The molecule has 1 aliphatic carbocycles. The summed E-state index contributed by atoms with van der Waals surface area (Å²) in [6.45, 7) is 0. The highest BCUT2D eigenvalue weighted by molar-refractivity contribution is 8.04. The van der Waals surface area contributed by atoms with Crippen LogP contribution < -0.4 is 0 Å². The van der Waals surface area contributed by atoms with Crippen LogP contribution in [0.15, 0.2) is 11.0 Å². The second-order valence-corrected chi connectivity index (χ2v) is 4.72. The predicted molar refractivity (Wildman–Crippen MR) is 66.8 cm³/mol. The van der Waals surface area contributed by atoms with Crippen LogP contribution in [0.25, 0.3) is 0 Å². The summed E-state index contributed by atoms with van der Waals surface area (Å²) >= 11 is 0.710. The number of carbonyl (C=O) groups excluding carboxylic acids is 3. The molecule has 0 bridgehead atoms. The van der Waals surface area contributed by atoms with Crippen molar-refractivity contribution >= 4 is 35.3 Å². The van der Waals surface area contributed by atoms with Gasteiger partial charge in [0.1, 0.15) is 5.69 Å². The van der Waals surface area contributed by atoms with Crippen molar-refractivity contribution in [1.82, 2.24) is 10.2 Å². The number of rotatable bonds is 4. The zero-order chi connectivity index (χ0) is 14.9. The van der Waals surface area contributed by atoms with E-state index < -0.39 is 23.5 Å². The van der Waals surface area contributed by atoms with E-state index in [-0.39, 0.29) is 27.6 Å². The number of carboxylic acid groups (broad SMARTS) is 1. The highest BCUT2D eigenvalue weighted by Crippen LogP contribution is 2.29. The predicted octanol–water partition coefficient (Wildman–Crippen LogP) is 0.277. The number of fused-ring (bicyclic) bond motifs is 1. The number of nitrogens with one attached hydrogen (secondary N) is 1. The molecule has 1 heterocycles. The number of thioether (sulfide) groups is 1. The number of hydrogen-bond donors (Lipinski definition) is 2. The number of ketones is 2. The number of carboxylic acids is 1. The third kappa shape index (κ3) is 2.35. The smallest absolute Gasteiger partial charge is 0.356 e. The van der Waals surface area contributed by atoms with E-state index >= 15 is 0 Å². The minimum absolute atomic E-state index is 0.0450. The van der Waals surface area contributed by atoms with Gasteiger partial charge in [0.2, 0.25) is 11.6 Å². The van der Waals surface area contributed by atoms with E-state index in [9.17, 15) is 19.2 Å². The minimum atomic E-state index is -1.12. The Bertz CT molecular complexity index is 660. The van der Waals surface area contributed by atoms with Crippen molar-refractivity contribution in [3.8, 4) is 0 Å². The van der Waals surface area contributed by atoms with Crippen molar-refractivity contribution in [1.29, 1.82) is 0 Å². The molecule has 1 aliphatic rings. The monoisotopic (exact) mass is 296 g/mol. The Morgan fingerprint density at radius 3 is 2.75 bits per heavy atom. The Labute approximate surface area is 116 Å². The molecule has 0 amide bonds. The molecule has 0 spiro atoms. The molecule has 2 N–H and O–H groups in total. The molecule has 0 saturated carbocycles. The fraction of sp³-hybridized carbons (Fsp3) is 0.182. The number of H-pyrrole nitrogens is 1. The fourth-order valence-electron chi connectivity index (χ4n) is 1.61. The first-order valence-electron chi connectivity index (χ1n) is 5.27. The average molecular weight is 296 g/mol. The summed E-state index contributed by atoms with van der Waals surface area (Å²) in [5.41, 5.74) is -0.574. The number of allylic oxidation sites excluding steroid dienone is 2. The van der Waals surface area contributed by atoms with E-state index in [0.29, 0.717) is 11.8 Å². The number of nitrogens with zero attached hydrogens (tertiary/aromatic N) is 1. The Morgan fingerprint density at radius 2 is 2.15 bits per heavy atom. The van der Waals surface area contributed by atoms with Gasteiger partial charge in [0, 0.05) is 6.08 Å². The van der Waals surface area contributed by atoms with Crippen LogP contribution >= 0.6 is 11.8 Å². The number of methoxy groups -OCH3 is 1. The van der Waals surface area contributed by atoms with Gasteiger partial charge in [-0.05, 0) is 0 Å². The molecule has 0 radical (unpaired) electrons. The van der Waals surface area contributed by atoms with Crippen molar-refractivity contribution in [3.05, 3.63) is 27.9 Å². The van der Waals surface area contributed by atoms with Gasteiger partial charge >= 0.3 is 11.9 Å². The molecule has 1 aromatic heterocycles. The second kappa shape index (κ2) is 5.29. The Kier molecular flexibility index (Phi) is 3.70. The maximum absolute atomic E-state index is 12.2. The van der Waals surface area contributed by atoms with Crippen molar-refractivity contribution in [2.45, 2.75) is 0 Å². The van der Waals surface area contributed by atoms with Gasteiger partial charge in [-0.1, -0.05) is 0 Å². The third-order valence-corrected chi connectivity index (χ3v) is 3.46. The first-order valence-corrected chi connectivity index (χ1v) is 6.26. The van der Waals surface area contributed by atoms with Crippen LogP contribution in [0.4, 0.5) is 0 Å². The summed E-state index contributed by atoms with van der Waals surface area (Å²) in [5.74, 6) is -3.52. The van der Waals surface area contributed by atoms with Gasteiger partial charge in [-0.15, -0.1) is 11.8 Å². The molecule has 8 nitrogen and oxygen atoms in total. The van der Waals surface area contributed by atoms with Gasteiger partial charge in [0.15, 0.2) is 5.69 Å². The molecule has 2 rings (SSSR count). The maximum Gasteiger partial charge on any atom is 0.356 e. The van der Waals surface area contributed by atoms with E-state index in [4.69, 9.17) is 5.11 Å². The first kappa shape index (κ1) is 14.0. The Balaban J connectivity index is 2.40. The summed E-state index contributed by atoms with van der Waals surface area (Å²) in [6.07, 6.45) is 1.01. The van der Waals surface area contributed by atoms with E-state index in [1.165, 1.54) is 0 Å². The Morgan fingerprint density at radius 1 is 1.45 bits per heavy atom. The summed E-state index contributed by atoms with van der Waals surface area (Å²) in [5, 5.41) is 14.5. The molecule has 0 atom stereocenters. The lowest BCUT2D eigenvalue weighted by atomic mass is 9.99. The SMILES string of the molecule is COC(=O)c1[nH]nc2c1C(=O)C(SCC(=O)O)=CC2=O. The summed E-state index contributed by atoms with van der Waals surface area (Å²) in [7, 11) is 1.13. The van der Waals surface area contributed by atoms with E-state index in [2.05, 4.69) is 14.9 Å². The molecule has 0 saturated heterocycles. The van der Waals surface area contributed by atoms with Crippen LogP contribution in [-0.2, 0) is 9.53 Å². The minimum Gasteiger partial charge on any atom is -0.481 e. The van der Waals surface area contributed by atoms with Gasteiger partial charge in [0.25, 0.3) is 0 Å². The van der Waals surface area contributed by atoms with Crippen molar-refractivity contribution < 1.29 is 29.0 Å². The largest absolute Gasteiger partial charge is 0.481 e. The average Bonchev–Trinajstić information content (AvgIpc) is 2.85. The number of aromatic amines is 1. The molecule has 0 fully saturated rings. The molecule has 20 heavy (non-hydrogen) atoms. The van der Waals surface area contributed by atoms with Gasteiger partial charge < -0.3 is 9.84 Å². The molecule has 0 aliphatic heterocycles. The lowest BCUT2D eigenvalue weighted by Crippen LogP contribution is -2.18. The number of esters is 1. The fourth-order valence-corrected chi connectivity index (χ4v) is 2.32. The lowest BCUT2D eigenvalue weighted by Gasteiger charge is -2.10. The van der Waals surface area contributed by atoms with E-state index in [0.717, 1.165) is 13.2 Å². The molecule has 0 aromatic carbocycles. The topological polar surface area (TPSA) is 126 Å². The zero-order valence-corrected chi connectivity index (χ0v) is 10.9. The van der Waals surface area contributed by atoms with E-state index in [1.54, 1.807) is 0 Å². The molecular formula is C11H8N2O6S. The number of hydrogen-bond acceptors (Lipinski definition) is 7. The van der Waals surface area contributed by atoms with E-state index in [1.807, 2.05) is 0 Å². The number of ether oxygens (including phenoxy) is 1. The van der Waals surface area contributed by atoms with Crippen LogP contribution in [0.3, 0.4) is 0 Å². The summed E-state index contributed by atoms with van der Waals surface area (Å²) in [4.78, 5) is 45.9. The Hall–Kier alpha value is -2.42. The van der Waals surface area contributed by atoms with Crippen LogP contribution in [0.1, 0.15) is 31.3 Å². The number of Topliss-reactive ketones (excluding diaryl/α,β-unsaturated/α-hetero) is 1. The standard InChI is InChI=1S/C11H8N2O6S/c1-19-11(18)9-7-8(12-13-9)4(14)2-5(10(7)17)20-3-6(15)16/h2H,3H2,1H3,(H,12,13)(H,15,16). The highest BCUT2D eigenvalue weighted by atomic mass is 32.2. The highest BCUT2D eigenvalue weighted by Gasteiger charge is 2.34. The lowest BCUT2D eigenvalue weighted by molar-refractivity contribution is -0.133. The van der Waals surface area contributed by atoms with Gasteiger partial charge in [-0.2, -0.15) is 5.10 Å². The summed E-state index contributed by atoms with van der Waals surface area (Å²) in [6, 6.07) is 0. The van der Waals surface area contributed by atoms with Crippen LogP contribution in [0.5, 0.6) is 0 Å². The maximum atomic E-state index is 12.2. The van der Waals surface area contributed by atoms with Crippen LogP contribution in [0, 0.1) is 0 Å². The molecule has 0 unspecified atom stereocenters. The molecule has 9 heteroatoms. The van der Waals surface area contributed by atoms with Crippen molar-refractivity contribution in [3.63, 3.8) is 0 Å². The van der Waals surface area contributed by atoms with Gasteiger partial charge in [0.05, 0.1) is 23.3 Å². The third-order valence-electron chi connectivity index (χ3n) is 2.45. The van der Waals surface area contributed by atoms with Crippen molar-refractivity contribution in [2.24, 2.45) is 0 Å². The number of aliphatic carboxylic acids is 1. The summed E-state index contributed by atoms with van der Waals surface area (Å²) < 4.78 is 4.48. The van der Waals surface area contributed by atoms with Crippen LogP contribution in [0.2, 0.25) is 0 Å². The first-order chi connectivity index (χ1) is 9.45. The zero-order valence-electron chi connectivity index (χ0n) is 10.1. The number of aromatic nitrogens is 2. The van der Waals surface area contributed by atoms with Gasteiger partial charge in [-0.3, -0.25) is 19.5 Å². The molecule has 1 aromatic rings. The number of carbonyl (C=O) groups is 4.